The third-order valence-corrected chi connectivity index (χ3v) is 3.46. The molecule has 1 aromatic rings. The number of nitrogens with two attached hydrogens (primary N) is 1. The highest BCUT2D eigenvalue weighted by atomic mass is 16.6. The number of rotatable bonds is 8. The SMILES string of the molecule is CCN(Cc1ccc([N+](=O)[O-])c(NN)c1)C(C)CN(C)C. The Balaban J connectivity index is 2.88. The van der Waals surface area contributed by atoms with Crippen LogP contribution in [-0.2, 0) is 6.54 Å². The topological polar surface area (TPSA) is 87.7 Å². The summed E-state index contributed by atoms with van der Waals surface area (Å²) in [7, 11) is 4.10. The minimum absolute atomic E-state index is 0.00867. The van der Waals surface area contributed by atoms with Gasteiger partial charge in [-0.25, -0.2) is 0 Å². The molecule has 0 aliphatic rings. The van der Waals surface area contributed by atoms with Crippen LogP contribution in [0.5, 0.6) is 0 Å². The van der Waals surface area contributed by atoms with Crippen molar-refractivity contribution in [3.63, 3.8) is 0 Å². The smallest absolute Gasteiger partial charge is 0.293 e. The van der Waals surface area contributed by atoms with Crippen LogP contribution in [0.25, 0.3) is 0 Å². The second kappa shape index (κ2) is 7.92. The third kappa shape index (κ3) is 4.96. The van der Waals surface area contributed by atoms with E-state index in [1.54, 1.807) is 12.1 Å². The molecule has 0 amide bonds. The van der Waals surface area contributed by atoms with Gasteiger partial charge in [-0.05, 0) is 39.2 Å². The van der Waals surface area contributed by atoms with Gasteiger partial charge in [0.05, 0.1) is 4.92 Å². The maximum absolute atomic E-state index is 10.9. The molecule has 7 heteroatoms. The molecule has 0 saturated carbocycles. The largest absolute Gasteiger partial charge is 0.318 e. The van der Waals surface area contributed by atoms with Gasteiger partial charge in [-0.2, -0.15) is 0 Å². The summed E-state index contributed by atoms with van der Waals surface area (Å²) < 4.78 is 0. The first-order chi connectivity index (χ1) is 9.88. The van der Waals surface area contributed by atoms with Crippen molar-refractivity contribution < 1.29 is 4.92 Å². The molecule has 0 aromatic heterocycles. The van der Waals surface area contributed by atoms with Crippen LogP contribution in [0.2, 0.25) is 0 Å². The highest BCUT2D eigenvalue weighted by Crippen LogP contribution is 2.25. The zero-order valence-corrected chi connectivity index (χ0v) is 13.2. The van der Waals surface area contributed by atoms with Gasteiger partial charge in [0.2, 0.25) is 0 Å². The molecule has 0 aliphatic heterocycles. The number of nitrogens with zero attached hydrogens (tertiary/aromatic N) is 3. The first-order valence-electron chi connectivity index (χ1n) is 7.01. The quantitative estimate of drug-likeness (QED) is 0.431. The second-order valence-electron chi connectivity index (χ2n) is 5.43. The van der Waals surface area contributed by atoms with E-state index in [4.69, 9.17) is 5.84 Å². The van der Waals surface area contributed by atoms with E-state index < -0.39 is 4.92 Å². The Morgan fingerprint density at radius 2 is 2.10 bits per heavy atom. The highest BCUT2D eigenvalue weighted by Gasteiger charge is 2.17. The average Bonchev–Trinajstić information content (AvgIpc) is 2.43. The van der Waals surface area contributed by atoms with Gasteiger partial charge in [0.25, 0.3) is 5.69 Å². The molecular weight excluding hydrogens is 270 g/mol. The predicted molar refractivity (Wildman–Crippen MR) is 85.0 cm³/mol. The molecule has 0 aliphatic carbocycles. The Kier molecular flexibility index (Phi) is 6.54. The number of nitrogen functional groups attached to an aromatic ring is 1. The van der Waals surface area contributed by atoms with Crippen molar-refractivity contribution in [3.8, 4) is 0 Å². The van der Waals surface area contributed by atoms with E-state index in [1.807, 2.05) is 14.1 Å². The van der Waals surface area contributed by atoms with Crippen LogP contribution in [0.4, 0.5) is 11.4 Å². The molecule has 0 spiro atoms. The number of nitrogens with one attached hydrogen (secondary N) is 1. The summed E-state index contributed by atoms with van der Waals surface area (Å²) in [4.78, 5) is 14.9. The summed E-state index contributed by atoms with van der Waals surface area (Å²) in [5.41, 5.74) is 3.74. The van der Waals surface area contributed by atoms with Crippen molar-refractivity contribution in [2.75, 3.05) is 32.6 Å². The van der Waals surface area contributed by atoms with Gasteiger partial charge in [0.1, 0.15) is 5.69 Å². The summed E-state index contributed by atoms with van der Waals surface area (Å²) in [6, 6.07) is 5.41. The first kappa shape index (κ1) is 17.4. The zero-order chi connectivity index (χ0) is 16.0. The maximum atomic E-state index is 10.9. The summed E-state index contributed by atoms with van der Waals surface area (Å²) in [6.07, 6.45) is 0. The predicted octanol–water partition coefficient (Wildman–Crippen LogP) is 1.65. The van der Waals surface area contributed by atoms with Crippen LogP contribution in [0.15, 0.2) is 18.2 Å². The number of likely N-dealkylation sites (N-methyl/N-ethyl adjacent to an activating group) is 2. The van der Waals surface area contributed by atoms with Gasteiger partial charge in [-0.1, -0.05) is 13.0 Å². The van der Waals surface area contributed by atoms with Crippen molar-refractivity contribution in [2.24, 2.45) is 5.84 Å². The summed E-state index contributed by atoms with van der Waals surface area (Å²) in [6.45, 7) is 6.90. The Morgan fingerprint density at radius 1 is 1.43 bits per heavy atom. The Labute approximate surface area is 125 Å². The lowest BCUT2D eigenvalue weighted by Crippen LogP contribution is -2.39. The molecule has 21 heavy (non-hydrogen) atoms. The standard InChI is InChI=1S/C14H25N5O2/c1-5-18(11(2)9-17(3)4)10-12-6-7-14(19(20)21)13(8-12)16-15/h6-8,11,16H,5,9-10,15H2,1-4H3. The van der Waals surface area contributed by atoms with Crippen LogP contribution in [-0.4, -0.2) is 47.9 Å². The molecule has 1 atom stereocenters. The Bertz CT molecular complexity index is 478. The van der Waals surface area contributed by atoms with Gasteiger partial charge in [0.15, 0.2) is 0 Å². The van der Waals surface area contributed by atoms with Crippen molar-refractivity contribution in [1.29, 1.82) is 0 Å². The van der Waals surface area contributed by atoms with Gasteiger partial charge >= 0.3 is 0 Å². The first-order valence-corrected chi connectivity index (χ1v) is 7.01. The maximum Gasteiger partial charge on any atom is 0.293 e. The van der Waals surface area contributed by atoms with Crippen LogP contribution >= 0.6 is 0 Å². The van der Waals surface area contributed by atoms with Crippen molar-refractivity contribution in [1.82, 2.24) is 9.80 Å². The van der Waals surface area contributed by atoms with Gasteiger partial charge in [-0.3, -0.25) is 20.9 Å². The molecule has 0 saturated heterocycles. The lowest BCUT2D eigenvalue weighted by Gasteiger charge is -2.30. The van der Waals surface area contributed by atoms with E-state index in [0.29, 0.717) is 11.7 Å². The number of hydrogen-bond acceptors (Lipinski definition) is 6. The molecule has 0 radical (unpaired) electrons. The summed E-state index contributed by atoms with van der Waals surface area (Å²) in [5, 5.41) is 10.9. The number of anilines is 1. The molecule has 7 nitrogen and oxygen atoms in total. The molecule has 118 valence electrons. The second-order valence-corrected chi connectivity index (χ2v) is 5.43. The third-order valence-electron chi connectivity index (χ3n) is 3.46. The fraction of sp³-hybridized carbons (Fsp3) is 0.571. The van der Waals surface area contributed by atoms with E-state index in [1.165, 1.54) is 6.07 Å². The average molecular weight is 295 g/mol. The van der Waals surface area contributed by atoms with Crippen LogP contribution < -0.4 is 11.3 Å². The summed E-state index contributed by atoms with van der Waals surface area (Å²) >= 11 is 0. The highest BCUT2D eigenvalue weighted by molar-refractivity contribution is 5.62. The molecule has 0 fully saturated rings. The molecule has 0 bridgehead atoms. The molecule has 1 rings (SSSR count). The minimum Gasteiger partial charge on any atom is -0.318 e. The number of nitro benzene ring substituents is 1. The van der Waals surface area contributed by atoms with E-state index in [0.717, 1.165) is 25.2 Å². The fourth-order valence-corrected chi connectivity index (χ4v) is 2.41. The van der Waals surface area contributed by atoms with Crippen LogP contribution in [0.3, 0.4) is 0 Å². The zero-order valence-electron chi connectivity index (χ0n) is 13.2. The van der Waals surface area contributed by atoms with E-state index in [-0.39, 0.29) is 5.69 Å². The number of benzene rings is 1. The lowest BCUT2D eigenvalue weighted by atomic mass is 10.1. The summed E-state index contributed by atoms with van der Waals surface area (Å²) in [5.74, 6) is 5.37. The molecule has 0 heterocycles. The normalized spacial score (nSPS) is 12.7. The Morgan fingerprint density at radius 3 is 2.57 bits per heavy atom. The van der Waals surface area contributed by atoms with Crippen LogP contribution in [0, 0.1) is 10.1 Å². The van der Waals surface area contributed by atoms with Gasteiger partial charge < -0.3 is 10.3 Å². The van der Waals surface area contributed by atoms with Crippen molar-refractivity contribution >= 4 is 11.4 Å². The molecular formula is C14H25N5O2. The Hall–Kier alpha value is -1.70. The van der Waals surface area contributed by atoms with Crippen molar-refractivity contribution in [2.45, 2.75) is 26.4 Å². The number of hydrogen-bond donors (Lipinski definition) is 2. The van der Waals surface area contributed by atoms with E-state index in [2.05, 4.69) is 29.1 Å². The van der Waals surface area contributed by atoms with Crippen molar-refractivity contribution in [3.05, 3.63) is 33.9 Å². The van der Waals surface area contributed by atoms with E-state index in [9.17, 15) is 10.1 Å². The molecule has 1 unspecified atom stereocenters. The monoisotopic (exact) mass is 295 g/mol. The van der Waals surface area contributed by atoms with Gasteiger partial charge in [0, 0.05) is 25.2 Å². The number of nitro groups is 1. The lowest BCUT2D eigenvalue weighted by molar-refractivity contribution is -0.384. The van der Waals surface area contributed by atoms with Crippen LogP contribution in [0.1, 0.15) is 19.4 Å². The molecule has 1 aromatic carbocycles. The minimum atomic E-state index is -0.439. The number of hydrazine groups is 1. The van der Waals surface area contributed by atoms with Gasteiger partial charge in [-0.15, -0.1) is 0 Å². The van der Waals surface area contributed by atoms with E-state index >= 15 is 0 Å². The molecule has 3 N–H and O–H groups in total. The fourth-order valence-electron chi connectivity index (χ4n) is 2.41.